The Labute approximate surface area is 161 Å². The van der Waals surface area contributed by atoms with Crippen LogP contribution in [-0.4, -0.2) is 15.6 Å². The average Bonchev–Trinajstić information content (AvgIpc) is 2.98. The largest absolute Gasteiger partial charge is 0.416 e. The third kappa shape index (κ3) is 3.27. The molecule has 0 saturated carbocycles. The Hall–Kier alpha value is -3.44. The Morgan fingerprint density at radius 3 is 1.80 bits per heavy atom. The smallest absolute Gasteiger partial charge is 0.294 e. The minimum Gasteiger partial charge on any atom is -0.294 e. The number of aromatic nitrogens is 2. The maximum Gasteiger partial charge on any atom is 0.416 e. The van der Waals surface area contributed by atoms with Crippen molar-refractivity contribution in [2.75, 3.05) is 0 Å². The van der Waals surface area contributed by atoms with E-state index in [-0.39, 0.29) is 15.9 Å². The van der Waals surface area contributed by atoms with Crippen LogP contribution in [0, 0.1) is 36.0 Å². The Balaban J connectivity index is 2.15. The van der Waals surface area contributed by atoms with Gasteiger partial charge in [-0.3, -0.25) is 14.7 Å². The number of rotatable bonds is 3. The van der Waals surface area contributed by atoms with Gasteiger partial charge in [0.1, 0.15) is 11.3 Å². The average molecular weight is 436 g/mol. The number of nitrogens with zero attached hydrogens (tertiary/aromatic N) is 1. The Morgan fingerprint density at radius 1 is 0.867 bits per heavy atom. The minimum atomic E-state index is -4.68. The molecular weight excluding hydrogens is 428 g/mol. The Bertz CT molecular complexity index is 1190. The van der Waals surface area contributed by atoms with Crippen LogP contribution < -0.4 is 5.56 Å². The molecular formula is C18H8F8N2O2. The predicted octanol–water partition coefficient (Wildman–Crippen LogP) is 4.42. The maximum atomic E-state index is 14.0. The van der Waals surface area contributed by atoms with Gasteiger partial charge < -0.3 is 0 Å². The lowest BCUT2D eigenvalue weighted by Crippen LogP contribution is -2.24. The van der Waals surface area contributed by atoms with Crippen molar-refractivity contribution in [1.29, 1.82) is 0 Å². The Morgan fingerprint density at radius 2 is 1.33 bits per heavy atom. The van der Waals surface area contributed by atoms with Crippen molar-refractivity contribution in [3.05, 3.63) is 86.1 Å². The highest BCUT2D eigenvalue weighted by Gasteiger charge is 2.32. The quantitative estimate of drug-likeness (QED) is 0.286. The number of hydrogen-bond acceptors (Lipinski definition) is 2. The second-order valence-corrected chi connectivity index (χ2v) is 6.08. The zero-order valence-corrected chi connectivity index (χ0v) is 14.6. The van der Waals surface area contributed by atoms with Crippen molar-refractivity contribution in [2.24, 2.45) is 0 Å². The summed E-state index contributed by atoms with van der Waals surface area (Å²) in [6.07, 6.45) is -4.68. The molecule has 0 aliphatic carbocycles. The van der Waals surface area contributed by atoms with Crippen LogP contribution in [0.3, 0.4) is 0 Å². The first-order chi connectivity index (χ1) is 13.9. The van der Waals surface area contributed by atoms with Crippen LogP contribution in [0.1, 0.15) is 27.2 Å². The van der Waals surface area contributed by atoms with Gasteiger partial charge in [-0.05, 0) is 19.1 Å². The molecule has 3 rings (SSSR count). The number of H-pyrrole nitrogens is 1. The number of halogens is 8. The highest BCUT2D eigenvalue weighted by Crippen LogP contribution is 2.29. The first kappa shape index (κ1) is 21.3. The van der Waals surface area contributed by atoms with E-state index in [1.165, 1.54) is 0 Å². The van der Waals surface area contributed by atoms with Crippen molar-refractivity contribution in [3.8, 4) is 5.69 Å². The van der Waals surface area contributed by atoms with Crippen molar-refractivity contribution >= 4 is 5.78 Å². The van der Waals surface area contributed by atoms with Gasteiger partial charge in [-0.25, -0.2) is 26.6 Å². The number of hydrogen-bond donors (Lipinski definition) is 1. The number of aromatic amines is 1. The number of alkyl halides is 3. The number of nitrogens with one attached hydrogen (secondary N) is 1. The van der Waals surface area contributed by atoms with Crippen LogP contribution in [0.5, 0.6) is 0 Å². The van der Waals surface area contributed by atoms with Gasteiger partial charge in [0.2, 0.25) is 5.82 Å². The molecule has 4 nitrogen and oxygen atoms in total. The minimum absolute atomic E-state index is 0.0388. The molecule has 30 heavy (non-hydrogen) atoms. The monoisotopic (exact) mass is 436 g/mol. The number of carbonyl (C=O) groups excluding carboxylic acids is 1. The third-order valence-corrected chi connectivity index (χ3v) is 4.18. The third-order valence-electron chi connectivity index (χ3n) is 4.18. The number of carbonyl (C=O) groups is 1. The molecule has 0 fully saturated rings. The van der Waals surface area contributed by atoms with E-state index in [9.17, 15) is 44.7 Å². The molecule has 1 N–H and O–H groups in total. The first-order valence-corrected chi connectivity index (χ1v) is 7.91. The zero-order chi connectivity index (χ0) is 22.5. The van der Waals surface area contributed by atoms with E-state index < -0.39 is 63.4 Å². The van der Waals surface area contributed by atoms with E-state index in [0.717, 1.165) is 19.1 Å². The lowest BCUT2D eigenvalue weighted by atomic mass is 10.0. The normalized spacial score (nSPS) is 11.8. The summed E-state index contributed by atoms with van der Waals surface area (Å²) in [6.45, 7) is 1.10. The van der Waals surface area contributed by atoms with Crippen LogP contribution in [-0.2, 0) is 6.18 Å². The van der Waals surface area contributed by atoms with Crippen LogP contribution in [0.15, 0.2) is 29.1 Å². The molecule has 12 heteroatoms. The van der Waals surface area contributed by atoms with Crippen molar-refractivity contribution in [1.82, 2.24) is 9.78 Å². The summed E-state index contributed by atoms with van der Waals surface area (Å²) in [6, 6.07) is 2.72. The molecule has 1 heterocycles. The summed E-state index contributed by atoms with van der Waals surface area (Å²) in [4.78, 5) is 25.0. The molecule has 0 bridgehead atoms. The van der Waals surface area contributed by atoms with Gasteiger partial charge in [-0.1, -0.05) is 12.1 Å². The molecule has 0 unspecified atom stereocenters. The van der Waals surface area contributed by atoms with Crippen molar-refractivity contribution in [2.45, 2.75) is 13.1 Å². The van der Waals surface area contributed by atoms with Crippen molar-refractivity contribution in [3.63, 3.8) is 0 Å². The molecule has 0 amide bonds. The number of aryl methyl sites for hydroxylation is 1. The lowest BCUT2D eigenvalue weighted by Gasteiger charge is -2.08. The van der Waals surface area contributed by atoms with E-state index in [4.69, 9.17) is 0 Å². The van der Waals surface area contributed by atoms with Gasteiger partial charge in [0, 0.05) is 11.3 Å². The second-order valence-electron chi connectivity index (χ2n) is 6.08. The van der Waals surface area contributed by atoms with Crippen LogP contribution in [0.4, 0.5) is 35.1 Å². The molecule has 0 spiro atoms. The molecule has 0 atom stereocenters. The number of ketones is 1. The van der Waals surface area contributed by atoms with Gasteiger partial charge >= 0.3 is 6.18 Å². The van der Waals surface area contributed by atoms with Gasteiger partial charge in [-0.15, -0.1) is 0 Å². The lowest BCUT2D eigenvalue weighted by molar-refractivity contribution is -0.137. The summed E-state index contributed by atoms with van der Waals surface area (Å²) >= 11 is 0. The van der Waals surface area contributed by atoms with Gasteiger partial charge in [0.05, 0.1) is 5.56 Å². The van der Waals surface area contributed by atoms with Gasteiger partial charge in [0.15, 0.2) is 29.1 Å². The van der Waals surface area contributed by atoms with Crippen LogP contribution in [0.2, 0.25) is 0 Å². The van der Waals surface area contributed by atoms with Crippen molar-refractivity contribution < 1.29 is 39.9 Å². The second kappa shape index (κ2) is 7.11. The van der Waals surface area contributed by atoms with E-state index in [0.29, 0.717) is 12.1 Å². The molecule has 0 aliphatic rings. The topological polar surface area (TPSA) is 54.9 Å². The highest BCUT2D eigenvalue weighted by molar-refractivity contribution is 6.09. The van der Waals surface area contributed by atoms with E-state index >= 15 is 0 Å². The fourth-order valence-corrected chi connectivity index (χ4v) is 2.72. The van der Waals surface area contributed by atoms with Crippen LogP contribution in [0.25, 0.3) is 5.69 Å². The summed E-state index contributed by atoms with van der Waals surface area (Å²) in [5.41, 5.74) is -5.59. The predicted molar refractivity (Wildman–Crippen MR) is 85.8 cm³/mol. The van der Waals surface area contributed by atoms with Gasteiger partial charge in [0.25, 0.3) is 5.56 Å². The zero-order valence-electron chi connectivity index (χ0n) is 14.6. The maximum absolute atomic E-state index is 14.0. The molecule has 0 radical (unpaired) electrons. The Kier molecular flexibility index (Phi) is 5.04. The molecule has 2 aromatic carbocycles. The fourth-order valence-electron chi connectivity index (χ4n) is 2.72. The van der Waals surface area contributed by atoms with E-state index in [1.54, 1.807) is 0 Å². The summed E-state index contributed by atoms with van der Waals surface area (Å²) in [7, 11) is 0. The molecule has 158 valence electrons. The molecule has 0 aliphatic heterocycles. The first-order valence-electron chi connectivity index (χ1n) is 7.91. The summed E-state index contributed by atoms with van der Waals surface area (Å²) in [5.74, 6) is -12.8. The standard InChI is InChI=1S/C18H8F8N2O2/c1-6-9(16(29)7-2-4-8(5-3-7)18(24,25)26)17(30)28(27-6)15-13(22)11(20)10(19)12(21)14(15)23/h2-5,27H,1H3. The van der Waals surface area contributed by atoms with Crippen LogP contribution >= 0.6 is 0 Å². The molecule has 3 aromatic rings. The highest BCUT2D eigenvalue weighted by atomic mass is 19.4. The molecule has 0 saturated heterocycles. The number of benzene rings is 2. The van der Waals surface area contributed by atoms with Gasteiger partial charge in [-0.2, -0.15) is 13.2 Å². The SMILES string of the molecule is Cc1[nH]n(-c2c(F)c(F)c(F)c(F)c2F)c(=O)c1C(=O)c1ccc(C(F)(F)F)cc1. The van der Waals surface area contributed by atoms with E-state index in [1.807, 2.05) is 5.10 Å². The fraction of sp³-hybridized carbons (Fsp3) is 0.111. The summed E-state index contributed by atoms with van der Waals surface area (Å²) < 4.78 is 106. The summed E-state index contributed by atoms with van der Waals surface area (Å²) in [5, 5.41) is 2.04. The van der Waals surface area contributed by atoms with E-state index in [2.05, 4.69) is 0 Å². The molecule has 1 aromatic heterocycles.